The Morgan fingerprint density at radius 3 is 2.04 bits per heavy atom. The molecule has 2 aromatic carbocycles. The van der Waals surface area contributed by atoms with Gasteiger partial charge in [0.25, 0.3) is 0 Å². The molecule has 0 aliphatic rings. The van der Waals surface area contributed by atoms with Crippen molar-refractivity contribution in [2.45, 2.75) is 19.8 Å². The predicted octanol–water partition coefficient (Wildman–Crippen LogP) is 3.34. The van der Waals surface area contributed by atoms with E-state index < -0.39 is 12.0 Å². The molecule has 0 heterocycles. The summed E-state index contributed by atoms with van der Waals surface area (Å²) >= 11 is 0. The van der Waals surface area contributed by atoms with Crippen molar-refractivity contribution in [3.63, 3.8) is 0 Å². The highest BCUT2D eigenvalue weighted by molar-refractivity contribution is 5.99. The minimum Gasteiger partial charge on any atom is -0.454 e. The van der Waals surface area contributed by atoms with E-state index in [4.69, 9.17) is 10.5 Å². The van der Waals surface area contributed by atoms with E-state index in [1.165, 1.54) is 24.3 Å². The number of benzene rings is 2. The van der Waals surface area contributed by atoms with Crippen molar-refractivity contribution in [2.75, 3.05) is 11.9 Å². The molecule has 0 atom stereocenters. The second-order valence-corrected chi connectivity index (χ2v) is 5.84. The zero-order valence-corrected chi connectivity index (χ0v) is 14.1. The van der Waals surface area contributed by atoms with E-state index in [-0.39, 0.29) is 18.0 Å². The molecule has 2 rings (SSSR count). The van der Waals surface area contributed by atoms with E-state index in [1.54, 1.807) is 12.1 Å². The first-order chi connectivity index (χ1) is 11.9. The van der Waals surface area contributed by atoms with Gasteiger partial charge < -0.3 is 15.8 Å². The molecule has 0 bridgehead atoms. The average Bonchev–Trinajstić information content (AvgIpc) is 2.59. The Morgan fingerprint density at radius 1 is 0.960 bits per heavy atom. The molecule has 25 heavy (non-hydrogen) atoms. The van der Waals surface area contributed by atoms with E-state index >= 15 is 0 Å². The lowest BCUT2D eigenvalue weighted by atomic mass is 10.0. The number of amides is 2. The fraction of sp³-hybridized carbons (Fsp3) is 0.211. The third-order valence-corrected chi connectivity index (χ3v) is 3.62. The molecular weight excluding hydrogens is 320 g/mol. The molecule has 0 aromatic heterocycles. The van der Waals surface area contributed by atoms with Crippen LogP contribution < -0.4 is 11.1 Å². The monoisotopic (exact) mass is 340 g/mol. The van der Waals surface area contributed by atoms with Gasteiger partial charge in [-0.15, -0.1) is 0 Å². The van der Waals surface area contributed by atoms with Crippen molar-refractivity contribution in [3.05, 3.63) is 65.2 Å². The molecule has 2 aromatic rings. The van der Waals surface area contributed by atoms with Crippen LogP contribution in [0.25, 0.3) is 0 Å². The van der Waals surface area contributed by atoms with Crippen molar-refractivity contribution in [3.8, 4) is 0 Å². The normalized spacial score (nSPS) is 10.4. The molecule has 0 aliphatic heterocycles. The van der Waals surface area contributed by atoms with E-state index in [1.807, 2.05) is 12.1 Å². The van der Waals surface area contributed by atoms with Gasteiger partial charge in [0.2, 0.25) is 0 Å². The van der Waals surface area contributed by atoms with Crippen molar-refractivity contribution >= 4 is 23.5 Å². The van der Waals surface area contributed by atoms with Gasteiger partial charge in [0.15, 0.2) is 12.4 Å². The molecule has 6 heteroatoms. The number of ether oxygens (including phenoxy) is 1. The zero-order valence-electron chi connectivity index (χ0n) is 14.1. The number of hydrogen-bond donors (Lipinski definition) is 2. The van der Waals surface area contributed by atoms with Gasteiger partial charge in [0.1, 0.15) is 0 Å². The first kappa shape index (κ1) is 18.2. The predicted molar refractivity (Wildman–Crippen MR) is 94.8 cm³/mol. The molecule has 0 spiro atoms. The number of hydrogen-bond acceptors (Lipinski definition) is 4. The lowest BCUT2D eigenvalue weighted by Gasteiger charge is -2.08. The standard InChI is InChI=1S/C19H20N2O4/c1-12(2)13-3-5-14(6-4-13)17(22)11-25-18(23)15-7-9-16(10-8-15)21-19(20)24/h3-10,12H,11H2,1-2H3,(H3,20,21,24). The smallest absolute Gasteiger partial charge is 0.338 e. The van der Waals surface area contributed by atoms with Crippen LogP contribution in [-0.2, 0) is 4.74 Å². The SMILES string of the molecule is CC(C)c1ccc(C(=O)COC(=O)c2ccc(NC(N)=O)cc2)cc1. The third-order valence-electron chi connectivity index (χ3n) is 3.62. The number of anilines is 1. The van der Waals surface area contributed by atoms with Crippen LogP contribution in [0, 0.1) is 0 Å². The number of primary amides is 1. The second-order valence-electron chi connectivity index (χ2n) is 5.84. The summed E-state index contributed by atoms with van der Waals surface area (Å²) in [6.07, 6.45) is 0. The summed E-state index contributed by atoms with van der Waals surface area (Å²) in [4.78, 5) is 34.8. The van der Waals surface area contributed by atoms with Gasteiger partial charge in [0, 0.05) is 11.3 Å². The Balaban J connectivity index is 1.92. The summed E-state index contributed by atoms with van der Waals surface area (Å²) in [6, 6.07) is 12.6. The Bertz CT molecular complexity index is 765. The largest absolute Gasteiger partial charge is 0.454 e. The molecule has 0 radical (unpaired) electrons. The molecular formula is C19H20N2O4. The number of ketones is 1. The maximum Gasteiger partial charge on any atom is 0.338 e. The van der Waals surface area contributed by atoms with Gasteiger partial charge in [-0.05, 0) is 35.7 Å². The van der Waals surface area contributed by atoms with Gasteiger partial charge in [-0.25, -0.2) is 9.59 Å². The van der Waals surface area contributed by atoms with Crippen LogP contribution in [0.4, 0.5) is 10.5 Å². The van der Waals surface area contributed by atoms with Crippen LogP contribution in [-0.4, -0.2) is 24.4 Å². The number of carbonyl (C=O) groups excluding carboxylic acids is 3. The van der Waals surface area contributed by atoms with Crippen LogP contribution in [0.2, 0.25) is 0 Å². The summed E-state index contributed by atoms with van der Waals surface area (Å²) in [6.45, 7) is 3.81. The van der Waals surface area contributed by atoms with Gasteiger partial charge in [-0.2, -0.15) is 0 Å². The lowest BCUT2D eigenvalue weighted by Crippen LogP contribution is -2.19. The summed E-state index contributed by atoms with van der Waals surface area (Å²) in [5, 5.41) is 2.39. The summed E-state index contributed by atoms with van der Waals surface area (Å²) in [5.41, 5.74) is 7.38. The summed E-state index contributed by atoms with van der Waals surface area (Å²) < 4.78 is 5.04. The maximum absolute atomic E-state index is 12.1. The van der Waals surface area contributed by atoms with Crippen LogP contribution in [0.5, 0.6) is 0 Å². The number of Topliss-reactive ketones (excluding diaryl/α,β-unsaturated/α-hetero) is 1. The van der Waals surface area contributed by atoms with Crippen LogP contribution in [0.15, 0.2) is 48.5 Å². The highest BCUT2D eigenvalue weighted by Gasteiger charge is 2.12. The van der Waals surface area contributed by atoms with Gasteiger partial charge in [-0.3, -0.25) is 4.79 Å². The number of carbonyl (C=O) groups is 3. The number of nitrogens with two attached hydrogens (primary N) is 1. The summed E-state index contributed by atoms with van der Waals surface area (Å²) in [5.74, 6) is -0.498. The molecule has 0 aliphatic carbocycles. The van der Waals surface area contributed by atoms with E-state index in [9.17, 15) is 14.4 Å². The van der Waals surface area contributed by atoms with Crippen molar-refractivity contribution in [2.24, 2.45) is 5.73 Å². The quantitative estimate of drug-likeness (QED) is 0.622. The molecule has 6 nitrogen and oxygen atoms in total. The fourth-order valence-electron chi connectivity index (χ4n) is 2.18. The summed E-state index contributed by atoms with van der Waals surface area (Å²) in [7, 11) is 0. The maximum atomic E-state index is 12.1. The Labute approximate surface area is 146 Å². The molecule has 2 amide bonds. The first-order valence-electron chi connectivity index (χ1n) is 7.83. The molecule has 0 unspecified atom stereocenters. The number of rotatable bonds is 6. The van der Waals surface area contributed by atoms with E-state index in [0.717, 1.165) is 5.56 Å². The molecule has 0 saturated carbocycles. The van der Waals surface area contributed by atoms with E-state index in [2.05, 4.69) is 19.2 Å². The minimum atomic E-state index is -0.690. The first-order valence-corrected chi connectivity index (χ1v) is 7.83. The average molecular weight is 340 g/mol. The fourth-order valence-corrected chi connectivity index (χ4v) is 2.18. The Morgan fingerprint density at radius 2 is 1.52 bits per heavy atom. The second kappa shape index (κ2) is 8.10. The van der Waals surface area contributed by atoms with Crippen molar-refractivity contribution in [1.29, 1.82) is 0 Å². The van der Waals surface area contributed by atoms with Gasteiger partial charge in [0.05, 0.1) is 5.56 Å². The van der Waals surface area contributed by atoms with Gasteiger partial charge >= 0.3 is 12.0 Å². The van der Waals surface area contributed by atoms with Crippen LogP contribution in [0.3, 0.4) is 0 Å². The molecule has 0 saturated heterocycles. The number of esters is 1. The minimum absolute atomic E-state index is 0.268. The van der Waals surface area contributed by atoms with E-state index in [0.29, 0.717) is 17.2 Å². The van der Waals surface area contributed by atoms with Crippen molar-refractivity contribution < 1.29 is 19.1 Å². The number of urea groups is 1. The Kier molecular flexibility index (Phi) is 5.89. The van der Waals surface area contributed by atoms with Crippen LogP contribution >= 0.6 is 0 Å². The van der Waals surface area contributed by atoms with Gasteiger partial charge in [-0.1, -0.05) is 38.1 Å². The topological polar surface area (TPSA) is 98.5 Å². The van der Waals surface area contributed by atoms with Crippen LogP contribution in [0.1, 0.15) is 46.0 Å². The zero-order chi connectivity index (χ0) is 18.4. The van der Waals surface area contributed by atoms with Crippen molar-refractivity contribution in [1.82, 2.24) is 0 Å². The highest BCUT2D eigenvalue weighted by Crippen LogP contribution is 2.15. The third kappa shape index (κ3) is 5.17. The molecule has 130 valence electrons. The number of nitrogens with one attached hydrogen (secondary N) is 1. The lowest BCUT2D eigenvalue weighted by molar-refractivity contribution is 0.0475. The molecule has 0 fully saturated rings. The Hall–Kier alpha value is -3.15. The molecule has 3 N–H and O–H groups in total. The highest BCUT2D eigenvalue weighted by atomic mass is 16.5.